The van der Waals surface area contributed by atoms with E-state index in [9.17, 15) is 0 Å². The van der Waals surface area contributed by atoms with Crippen LogP contribution in [0.25, 0.3) is 0 Å². The van der Waals surface area contributed by atoms with Crippen molar-refractivity contribution in [2.75, 3.05) is 0 Å². The van der Waals surface area contributed by atoms with Crippen LogP contribution in [0, 0.1) is 0 Å². The third-order valence-electron chi connectivity index (χ3n) is 5.44. The summed E-state index contributed by atoms with van der Waals surface area (Å²) in [5, 5.41) is 0. The second kappa shape index (κ2) is 8.30. The SMILES string of the molecule is c1ccc(C2=NC(c3ccccc3)C(c3ccccc3)N=C2c2ccccc2)cc1. The molecule has 2 nitrogen and oxygen atoms in total. The zero-order valence-electron chi connectivity index (χ0n) is 16.6. The Morgan fingerprint density at radius 1 is 0.367 bits per heavy atom. The summed E-state index contributed by atoms with van der Waals surface area (Å²) in [5.41, 5.74) is 6.43. The molecule has 5 rings (SSSR count). The van der Waals surface area contributed by atoms with E-state index in [0.29, 0.717) is 0 Å². The summed E-state index contributed by atoms with van der Waals surface area (Å²) in [4.78, 5) is 10.6. The lowest BCUT2D eigenvalue weighted by Crippen LogP contribution is -2.26. The number of hydrogen-bond donors (Lipinski definition) is 0. The second-order valence-electron chi connectivity index (χ2n) is 7.40. The van der Waals surface area contributed by atoms with Gasteiger partial charge in [0, 0.05) is 11.1 Å². The molecule has 0 radical (unpaired) electrons. The molecular weight excluding hydrogens is 364 g/mol. The molecule has 4 aromatic rings. The highest BCUT2D eigenvalue weighted by molar-refractivity contribution is 6.53. The topological polar surface area (TPSA) is 24.7 Å². The standard InChI is InChI=1S/C28H22N2/c1-5-13-21(14-6-1)25-26(22-15-7-2-8-16-22)30-28(24-19-11-4-12-20-24)27(29-25)23-17-9-3-10-18-23/h1-20,25-26H. The van der Waals surface area contributed by atoms with Gasteiger partial charge in [-0.25, -0.2) is 0 Å². The summed E-state index contributed by atoms with van der Waals surface area (Å²) in [6, 6.07) is 41.6. The van der Waals surface area contributed by atoms with E-state index in [-0.39, 0.29) is 12.1 Å². The van der Waals surface area contributed by atoms with Gasteiger partial charge in [-0.3, -0.25) is 9.98 Å². The quantitative estimate of drug-likeness (QED) is 0.384. The maximum absolute atomic E-state index is 5.32. The molecule has 0 saturated carbocycles. The van der Waals surface area contributed by atoms with Crippen LogP contribution in [-0.2, 0) is 0 Å². The van der Waals surface area contributed by atoms with Crippen molar-refractivity contribution in [3.8, 4) is 0 Å². The van der Waals surface area contributed by atoms with Gasteiger partial charge < -0.3 is 0 Å². The minimum absolute atomic E-state index is 0.0729. The minimum Gasteiger partial charge on any atom is -0.272 e. The summed E-state index contributed by atoms with van der Waals surface area (Å²) in [7, 11) is 0. The zero-order chi connectivity index (χ0) is 20.2. The van der Waals surface area contributed by atoms with Crippen molar-refractivity contribution in [3.63, 3.8) is 0 Å². The first kappa shape index (κ1) is 18.3. The molecular formula is C28H22N2. The van der Waals surface area contributed by atoms with E-state index in [1.54, 1.807) is 0 Å². The van der Waals surface area contributed by atoms with Crippen molar-refractivity contribution in [3.05, 3.63) is 144 Å². The van der Waals surface area contributed by atoms with Crippen LogP contribution in [0.5, 0.6) is 0 Å². The van der Waals surface area contributed by atoms with Crippen LogP contribution < -0.4 is 0 Å². The van der Waals surface area contributed by atoms with E-state index in [2.05, 4.69) is 97.1 Å². The van der Waals surface area contributed by atoms with E-state index >= 15 is 0 Å². The van der Waals surface area contributed by atoms with Gasteiger partial charge in [0.2, 0.25) is 0 Å². The Hall–Kier alpha value is -3.78. The van der Waals surface area contributed by atoms with Gasteiger partial charge in [0.15, 0.2) is 0 Å². The van der Waals surface area contributed by atoms with Crippen molar-refractivity contribution in [2.45, 2.75) is 12.1 Å². The molecule has 0 amide bonds. The van der Waals surface area contributed by atoms with E-state index < -0.39 is 0 Å². The largest absolute Gasteiger partial charge is 0.272 e. The molecule has 1 aliphatic rings. The van der Waals surface area contributed by atoms with Crippen LogP contribution in [0.2, 0.25) is 0 Å². The molecule has 30 heavy (non-hydrogen) atoms. The van der Waals surface area contributed by atoms with Gasteiger partial charge in [-0.2, -0.15) is 0 Å². The van der Waals surface area contributed by atoms with Crippen LogP contribution in [0.1, 0.15) is 34.3 Å². The molecule has 0 N–H and O–H groups in total. The van der Waals surface area contributed by atoms with Gasteiger partial charge in [-0.05, 0) is 11.1 Å². The Morgan fingerprint density at radius 3 is 1.00 bits per heavy atom. The highest BCUT2D eigenvalue weighted by Crippen LogP contribution is 2.39. The average Bonchev–Trinajstić information content (AvgIpc) is 2.85. The Morgan fingerprint density at radius 2 is 0.667 bits per heavy atom. The normalized spacial score (nSPS) is 18.4. The monoisotopic (exact) mass is 386 g/mol. The molecule has 0 saturated heterocycles. The Labute approximate surface area is 177 Å². The number of aliphatic imine (C=N–C) groups is 2. The average molecular weight is 386 g/mol. The molecule has 1 heterocycles. The highest BCUT2D eigenvalue weighted by Gasteiger charge is 2.31. The molecule has 2 unspecified atom stereocenters. The number of benzene rings is 4. The van der Waals surface area contributed by atoms with Crippen LogP contribution in [0.3, 0.4) is 0 Å². The molecule has 0 bridgehead atoms. The van der Waals surface area contributed by atoms with Gasteiger partial charge >= 0.3 is 0 Å². The van der Waals surface area contributed by atoms with Crippen molar-refractivity contribution >= 4 is 11.4 Å². The van der Waals surface area contributed by atoms with Crippen LogP contribution >= 0.6 is 0 Å². The number of nitrogens with zero attached hydrogens (tertiary/aromatic N) is 2. The second-order valence-corrected chi connectivity index (χ2v) is 7.40. The smallest absolute Gasteiger partial charge is 0.102 e. The fourth-order valence-electron chi connectivity index (χ4n) is 3.97. The third kappa shape index (κ3) is 3.60. The van der Waals surface area contributed by atoms with Crippen LogP contribution in [0.15, 0.2) is 131 Å². The lowest BCUT2D eigenvalue weighted by Gasteiger charge is -2.29. The number of hydrogen-bond acceptors (Lipinski definition) is 2. The predicted octanol–water partition coefficient (Wildman–Crippen LogP) is 6.46. The van der Waals surface area contributed by atoms with Gasteiger partial charge in [0.05, 0.1) is 11.4 Å². The molecule has 2 atom stereocenters. The molecule has 0 spiro atoms. The maximum Gasteiger partial charge on any atom is 0.102 e. The van der Waals surface area contributed by atoms with E-state index in [1.165, 1.54) is 11.1 Å². The summed E-state index contributed by atoms with van der Waals surface area (Å²) >= 11 is 0. The third-order valence-corrected chi connectivity index (χ3v) is 5.44. The van der Waals surface area contributed by atoms with Crippen molar-refractivity contribution < 1.29 is 0 Å². The van der Waals surface area contributed by atoms with E-state index in [0.717, 1.165) is 22.6 Å². The van der Waals surface area contributed by atoms with Crippen molar-refractivity contribution in [1.29, 1.82) is 0 Å². The molecule has 1 aliphatic heterocycles. The van der Waals surface area contributed by atoms with Crippen LogP contribution in [-0.4, -0.2) is 11.4 Å². The van der Waals surface area contributed by atoms with E-state index in [1.807, 2.05) is 24.3 Å². The Balaban J connectivity index is 1.72. The first-order valence-corrected chi connectivity index (χ1v) is 10.3. The summed E-state index contributed by atoms with van der Waals surface area (Å²) in [5.74, 6) is 0. The minimum atomic E-state index is -0.0729. The highest BCUT2D eigenvalue weighted by atomic mass is 15.0. The van der Waals surface area contributed by atoms with Gasteiger partial charge in [0.1, 0.15) is 12.1 Å². The molecule has 2 heteroatoms. The summed E-state index contributed by atoms with van der Waals surface area (Å²) < 4.78 is 0. The first-order valence-electron chi connectivity index (χ1n) is 10.3. The fraction of sp³-hybridized carbons (Fsp3) is 0.0714. The zero-order valence-corrected chi connectivity index (χ0v) is 16.6. The lowest BCUT2D eigenvalue weighted by molar-refractivity contribution is 0.574. The number of rotatable bonds is 4. The van der Waals surface area contributed by atoms with Gasteiger partial charge in [-0.15, -0.1) is 0 Å². The maximum atomic E-state index is 5.32. The molecule has 144 valence electrons. The van der Waals surface area contributed by atoms with Crippen LogP contribution in [0.4, 0.5) is 0 Å². The molecule has 4 aromatic carbocycles. The molecule has 0 aromatic heterocycles. The van der Waals surface area contributed by atoms with Crippen molar-refractivity contribution in [2.24, 2.45) is 9.98 Å². The Kier molecular flexibility index (Phi) is 5.05. The fourth-order valence-corrected chi connectivity index (χ4v) is 3.97. The molecule has 0 fully saturated rings. The van der Waals surface area contributed by atoms with Gasteiger partial charge in [-0.1, -0.05) is 121 Å². The van der Waals surface area contributed by atoms with Crippen molar-refractivity contribution in [1.82, 2.24) is 0 Å². The summed E-state index contributed by atoms with van der Waals surface area (Å²) in [6.07, 6.45) is 0. The summed E-state index contributed by atoms with van der Waals surface area (Å²) in [6.45, 7) is 0. The molecule has 0 aliphatic carbocycles. The lowest BCUT2D eigenvalue weighted by atomic mass is 9.89. The Bertz CT molecular complexity index is 1070. The predicted molar refractivity (Wildman–Crippen MR) is 124 cm³/mol. The first-order chi connectivity index (χ1) is 14.9. The van der Waals surface area contributed by atoms with Gasteiger partial charge in [0.25, 0.3) is 0 Å². The van der Waals surface area contributed by atoms with E-state index in [4.69, 9.17) is 9.98 Å².